The zero-order chi connectivity index (χ0) is 16.4. The molecule has 4 heteroatoms. The van der Waals surface area contributed by atoms with E-state index in [1.54, 1.807) is 10.8 Å². The van der Waals surface area contributed by atoms with E-state index in [0.29, 0.717) is 5.56 Å². The minimum atomic E-state index is -0.116. The summed E-state index contributed by atoms with van der Waals surface area (Å²) in [5, 5.41) is 3.79. The van der Waals surface area contributed by atoms with E-state index in [-0.39, 0.29) is 12.5 Å². The van der Waals surface area contributed by atoms with E-state index < -0.39 is 0 Å². The molecule has 0 aliphatic heterocycles. The number of hydrogen-bond donors (Lipinski definition) is 1. The van der Waals surface area contributed by atoms with Gasteiger partial charge in [0.25, 0.3) is 0 Å². The molecule has 1 heterocycles. The summed E-state index contributed by atoms with van der Waals surface area (Å²) in [6.07, 6.45) is 2.54. The molecule has 0 bridgehead atoms. The first-order chi connectivity index (χ1) is 11.1. The normalized spacial score (nSPS) is 10.7. The van der Waals surface area contributed by atoms with Gasteiger partial charge in [-0.2, -0.15) is 0 Å². The number of amides is 1. The Balaban J connectivity index is 1.84. The Morgan fingerprint density at radius 2 is 1.96 bits per heavy atom. The number of aldehydes is 1. The highest BCUT2D eigenvalue weighted by atomic mass is 16.2. The maximum absolute atomic E-state index is 12.3. The summed E-state index contributed by atoms with van der Waals surface area (Å²) in [7, 11) is 0. The van der Waals surface area contributed by atoms with Gasteiger partial charge in [-0.1, -0.05) is 35.9 Å². The molecule has 1 amide bonds. The van der Waals surface area contributed by atoms with Gasteiger partial charge < -0.3 is 9.88 Å². The first-order valence-electron chi connectivity index (χ1n) is 7.48. The molecule has 1 aromatic heterocycles. The number of nitrogens with one attached hydrogen (secondary N) is 1. The lowest BCUT2D eigenvalue weighted by molar-refractivity contribution is -0.116. The molecule has 0 saturated carbocycles. The lowest BCUT2D eigenvalue weighted by Gasteiger charge is -2.10. The zero-order valence-electron chi connectivity index (χ0n) is 13.2. The van der Waals surface area contributed by atoms with Gasteiger partial charge in [0, 0.05) is 28.4 Å². The quantitative estimate of drug-likeness (QED) is 0.747. The third-order valence-electron chi connectivity index (χ3n) is 3.92. The van der Waals surface area contributed by atoms with Gasteiger partial charge in [-0.15, -0.1) is 0 Å². The monoisotopic (exact) mass is 306 g/mol. The maximum atomic E-state index is 12.3. The van der Waals surface area contributed by atoms with Gasteiger partial charge in [0.05, 0.1) is 0 Å². The summed E-state index contributed by atoms with van der Waals surface area (Å²) < 4.78 is 1.80. The van der Waals surface area contributed by atoms with Crippen LogP contribution in [-0.4, -0.2) is 16.8 Å². The van der Waals surface area contributed by atoms with E-state index in [4.69, 9.17) is 0 Å². The number of hydrogen-bond acceptors (Lipinski definition) is 2. The van der Waals surface area contributed by atoms with Gasteiger partial charge >= 0.3 is 0 Å². The fraction of sp³-hybridized carbons (Fsp3) is 0.158. The largest absolute Gasteiger partial charge is 0.337 e. The van der Waals surface area contributed by atoms with Crippen LogP contribution < -0.4 is 5.32 Å². The second kappa shape index (κ2) is 6.08. The Bertz CT molecular complexity index is 894. The van der Waals surface area contributed by atoms with Crippen LogP contribution in [0.3, 0.4) is 0 Å². The first-order valence-corrected chi connectivity index (χ1v) is 7.48. The number of nitrogens with zero attached hydrogens (tertiary/aromatic N) is 1. The summed E-state index contributed by atoms with van der Waals surface area (Å²) >= 11 is 0. The molecule has 0 aliphatic rings. The van der Waals surface area contributed by atoms with Gasteiger partial charge in [-0.3, -0.25) is 9.59 Å². The van der Waals surface area contributed by atoms with Crippen LogP contribution in [0.15, 0.2) is 48.7 Å². The van der Waals surface area contributed by atoms with E-state index in [1.807, 2.05) is 56.3 Å². The minimum Gasteiger partial charge on any atom is -0.337 e. The second-order valence-corrected chi connectivity index (χ2v) is 5.71. The Kier molecular flexibility index (Phi) is 3.98. The van der Waals surface area contributed by atoms with Crippen molar-refractivity contribution < 1.29 is 9.59 Å². The molecule has 4 nitrogen and oxygen atoms in total. The summed E-state index contributed by atoms with van der Waals surface area (Å²) in [5.41, 5.74) is 4.48. The lowest BCUT2D eigenvalue weighted by Crippen LogP contribution is -2.18. The van der Waals surface area contributed by atoms with Crippen molar-refractivity contribution in [3.05, 3.63) is 65.4 Å². The highest BCUT2D eigenvalue weighted by Crippen LogP contribution is 2.20. The molecule has 0 radical (unpaired) electrons. The van der Waals surface area contributed by atoms with E-state index in [1.165, 1.54) is 0 Å². The van der Waals surface area contributed by atoms with Crippen LogP contribution in [0, 0.1) is 13.8 Å². The number of fused-ring (bicyclic) bond motifs is 1. The molecule has 0 unspecified atom stereocenters. The van der Waals surface area contributed by atoms with Crippen LogP contribution in [0.2, 0.25) is 0 Å². The number of aryl methyl sites for hydroxylation is 2. The maximum Gasteiger partial charge on any atom is 0.244 e. The SMILES string of the molecule is Cc1ccc(NC(=O)Cn2cc(C=O)c3ccccc32)c(C)c1. The molecule has 0 atom stereocenters. The molecule has 0 fully saturated rings. The van der Waals surface area contributed by atoms with Gasteiger partial charge in [-0.05, 0) is 31.5 Å². The summed E-state index contributed by atoms with van der Waals surface area (Å²) in [6, 6.07) is 13.5. The van der Waals surface area contributed by atoms with Crippen molar-refractivity contribution in [2.24, 2.45) is 0 Å². The molecule has 0 spiro atoms. The number of rotatable bonds is 4. The average Bonchev–Trinajstić information content (AvgIpc) is 2.88. The number of anilines is 1. The Morgan fingerprint density at radius 1 is 1.17 bits per heavy atom. The minimum absolute atomic E-state index is 0.116. The molecule has 116 valence electrons. The van der Waals surface area contributed by atoms with Gasteiger partial charge in [0.15, 0.2) is 6.29 Å². The van der Waals surface area contributed by atoms with Crippen LogP contribution in [0.4, 0.5) is 5.69 Å². The fourth-order valence-corrected chi connectivity index (χ4v) is 2.80. The zero-order valence-corrected chi connectivity index (χ0v) is 13.2. The molecule has 0 saturated heterocycles. The number of carbonyl (C=O) groups excluding carboxylic acids is 2. The van der Waals surface area contributed by atoms with Crippen molar-refractivity contribution in [2.45, 2.75) is 20.4 Å². The van der Waals surface area contributed by atoms with Crippen LogP contribution in [0.25, 0.3) is 10.9 Å². The summed E-state index contributed by atoms with van der Waals surface area (Å²) in [5.74, 6) is -0.116. The van der Waals surface area contributed by atoms with Gasteiger partial charge in [-0.25, -0.2) is 0 Å². The number of carbonyl (C=O) groups is 2. The van der Waals surface area contributed by atoms with Gasteiger partial charge in [0.1, 0.15) is 6.54 Å². The van der Waals surface area contributed by atoms with Crippen molar-refractivity contribution in [2.75, 3.05) is 5.32 Å². The summed E-state index contributed by atoms with van der Waals surface area (Å²) in [6.45, 7) is 4.16. The highest BCUT2D eigenvalue weighted by Gasteiger charge is 2.11. The Hall–Kier alpha value is -2.88. The highest BCUT2D eigenvalue weighted by molar-refractivity contribution is 5.99. The Morgan fingerprint density at radius 3 is 2.70 bits per heavy atom. The van der Waals surface area contributed by atoms with Crippen molar-refractivity contribution >= 4 is 28.8 Å². The smallest absolute Gasteiger partial charge is 0.244 e. The van der Waals surface area contributed by atoms with Crippen molar-refractivity contribution in [3.63, 3.8) is 0 Å². The fourth-order valence-electron chi connectivity index (χ4n) is 2.80. The molecule has 3 rings (SSSR count). The number of aromatic nitrogens is 1. The van der Waals surface area contributed by atoms with Crippen LogP contribution in [0.5, 0.6) is 0 Å². The second-order valence-electron chi connectivity index (χ2n) is 5.71. The molecule has 3 aromatic rings. The van der Waals surface area contributed by atoms with Gasteiger partial charge in [0.2, 0.25) is 5.91 Å². The van der Waals surface area contributed by atoms with Crippen LogP contribution in [-0.2, 0) is 11.3 Å². The average molecular weight is 306 g/mol. The lowest BCUT2D eigenvalue weighted by atomic mass is 10.1. The van der Waals surface area contributed by atoms with E-state index in [0.717, 1.165) is 34.0 Å². The van der Waals surface area contributed by atoms with Crippen molar-refractivity contribution in [1.29, 1.82) is 0 Å². The molecule has 23 heavy (non-hydrogen) atoms. The third kappa shape index (κ3) is 3.01. The van der Waals surface area contributed by atoms with Crippen LogP contribution in [0.1, 0.15) is 21.5 Å². The number of para-hydroxylation sites is 1. The first kappa shape index (κ1) is 15.0. The summed E-state index contributed by atoms with van der Waals surface area (Å²) in [4.78, 5) is 23.5. The van der Waals surface area contributed by atoms with Crippen molar-refractivity contribution in [1.82, 2.24) is 4.57 Å². The molecular formula is C19H18N2O2. The molecule has 1 N–H and O–H groups in total. The Labute approximate surface area is 134 Å². The standard InChI is InChI=1S/C19H18N2O2/c1-13-7-8-17(14(2)9-13)20-19(23)11-21-10-15(12-22)16-5-3-4-6-18(16)21/h3-10,12H,11H2,1-2H3,(H,20,23). The predicted molar refractivity (Wildman–Crippen MR) is 91.9 cm³/mol. The topological polar surface area (TPSA) is 51.1 Å². The van der Waals surface area contributed by atoms with Crippen molar-refractivity contribution in [3.8, 4) is 0 Å². The van der Waals surface area contributed by atoms with E-state index in [9.17, 15) is 9.59 Å². The molecular weight excluding hydrogens is 288 g/mol. The van der Waals surface area contributed by atoms with E-state index >= 15 is 0 Å². The van der Waals surface area contributed by atoms with E-state index in [2.05, 4.69) is 5.32 Å². The number of benzene rings is 2. The third-order valence-corrected chi connectivity index (χ3v) is 3.92. The van der Waals surface area contributed by atoms with Crippen LogP contribution >= 0.6 is 0 Å². The predicted octanol–water partition coefficient (Wildman–Crippen LogP) is 3.71. The molecule has 0 aliphatic carbocycles. The molecule has 2 aromatic carbocycles.